The summed E-state index contributed by atoms with van der Waals surface area (Å²) >= 11 is 2.56. The molecule has 2 saturated heterocycles. The zero-order valence-electron chi connectivity index (χ0n) is 38.6. The van der Waals surface area contributed by atoms with Gasteiger partial charge in [-0.1, -0.05) is 58.9 Å². The second-order valence-corrected chi connectivity index (χ2v) is 23.1. The van der Waals surface area contributed by atoms with E-state index in [1.165, 1.54) is 33.7 Å². The van der Waals surface area contributed by atoms with Gasteiger partial charge >= 0.3 is 12.0 Å². The molecule has 3 aromatic heterocycles. The lowest BCUT2D eigenvalue weighted by Crippen LogP contribution is -2.59. The van der Waals surface area contributed by atoms with Crippen LogP contribution < -0.4 is 30.7 Å². The molecule has 2 aliphatic heterocycles. The third kappa shape index (κ3) is 11.0. The van der Waals surface area contributed by atoms with Crippen LogP contribution in [0.25, 0.3) is 22.3 Å². The van der Waals surface area contributed by atoms with Crippen LogP contribution in [0.5, 0.6) is 11.5 Å². The van der Waals surface area contributed by atoms with E-state index in [0.29, 0.717) is 53.1 Å². The average molecular weight is 967 g/mol. The minimum absolute atomic E-state index is 0.0356. The Labute approximate surface area is 394 Å². The number of thiophene rings is 1. The van der Waals surface area contributed by atoms with Crippen molar-refractivity contribution in [3.05, 3.63) is 47.2 Å². The van der Waals surface area contributed by atoms with Gasteiger partial charge in [-0.15, -0.1) is 22.7 Å². The molecule has 1 saturated carbocycles. The molecular weight excluding hydrogens is 905 g/mol. The van der Waals surface area contributed by atoms with Crippen LogP contribution >= 0.6 is 22.7 Å². The number of hydrogen-bond donors (Lipinski definition) is 5. The van der Waals surface area contributed by atoms with Gasteiger partial charge in [0.1, 0.15) is 45.1 Å². The highest BCUT2D eigenvalue weighted by molar-refractivity contribution is 7.91. The van der Waals surface area contributed by atoms with Crippen LogP contribution in [0.3, 0.4) is 0 Å². The fourth-order valence-corrected chi connectivity index (χ4v) is 12.0. The first-order valence-corrected chi connectivity index (χ1v) is 25.8. The number of carboxylic acids is 1. The largest absolute Gasteiger partial charge is 0.497 e. The van der Waals surface area contributed by atoms with Crippen LogP contribution in [-0.2, 0) is 24.4 Å². The number of sulfonamides is 1. The number of hydrogen-bond acceptors (Lipinski definition) is 13. The molecule has 3 aliphatic rings. The molecule has 358 valence electrons. The summed E-state index contributed by atoms with van der Waals surface area (Å²) in [6, 6.07) is 7.07. The number of amides is 4. The Hall–Kier alpha value is -5.05. The first-order valence-electron chi connectivity index (χ1n) is 22.6. The maximum Gasteiger partial charge on any atom is 0.329 e. The second-order valence-electron chi connectivity index (χ2n) is 19.0. The van der Waals surface area contributed by atoms with Crippen molar-refractivity contribution in [2.75, 3.05) is 32.6 Å². The van der Waals surface area contributed by atoms with E-state index in [1.54, 1.807) is 36.8 Å². The summed E-state index contributed by atoms with van der Waals surface area (Å²) in [6.45, 7) is 9.66. The summed E-state index contributed by atoms with van der Waals surface area (Å²) in [7, 11) is -0.784. The molecule has 20 heteroatoms. The molecule has 5 N–H and O–H groups in total. The second kappa shape index (κ2) is 20.0. The number of aromatic nitrogens is 2. The van der Waals surface area contributed by atoms with Crippen molar-refractivity contribution in [2.24, 2.45) is 11.3 Å². The smallest absolute Gasteiger partial charge is 0.329 e. The number of likely N-dealkylation sites (N-methyl/N-ethyl adjacent to an activating group) is 1. The third-order valence-electron chi connectivity index (χ3n) is 12.7. The maximum absolute atomic E-state index is 15.0. The summed E-state index contributed by atoms with van der Waals surface area (Å²) in [5.74, 6) is -1.40. The van der Waals surface area contributed by atoms with Crippen LogP contribution in [0.4, 0.5) is 9.93 Å². The highest BCUT2D eigenvalue weighted by atomic mass is 32.2. The SMILES string of the molecule is COc1ccc2c(O[C@@H]3C[C@H]4C(=O)N[C@]5(C(=O)O)CC5CCCCCCC[C@H](NC(=O)NC(CN(C)S(=O)(=O)c5cccs5)C(C)(C)C)C(=O)N4C3)cc(-c3csc(NC(C)C)n3)nc2c1. The number of rotatable bonds is 13. The number of methoxy groups -OCH3 is 1. The average Bonchev–Trinajstić information content (AvgIpc) is 3.73. The fraction of sp³-hybridized carbons (Fsp3) is 0.565. The Morgan fingerprint density at radius 2 is 1.79 bits per heavy atom. The summed E-state index contributed by atoms with van der Waals surface area (Å²) in [5.41, 5.74) is -0.276. The first-order chi connectivity index (χ1) is 31.3. The van der Waals surface area contributed by atoms with Crippen molar-refractivity contribution in [3.63, 3.8) is 0 Å². The lowest BCUT2D eigenvalue weighted by Gasteiger charge is -2.35. The number of fused-ring (bicyclic) bond motifs is 3. The van der Waals surface area contributed by atoms with Crippen molar-refractivity contribution in [1.82, 2.24) is 35.1 Å². The van der Waals surface area contributed by atoms with Gasteiger partial charge in [-0.2, -0.15) is 4.31 Å². The molecule has 6 atom stereocenters. The fourth-order valence-electron chi connectivity index (χ4n) is 8.78. The number of nitrogens with zero attached hydrogens (tertiary/aromatic N) is 4. The Morgan fingerprint density at radius 1 is 1.05 bits per heavy atom. The molecule has 3 fully saturated rings. The highest BCUT2D eigenvalue weighted by Gasteiger charge is 2.62. The normalized spacial score (nSPS) is 23.6. The lowest BCUT2D eigenvalue weighted by atomic mass is 9.87. The predicted molar refractivity (Wildman–Crippen MR) is 254 cm³/mol. The molecule has 4 aromatic rings. The van der Waals surface area contributed by atoms with Gasteiger partial charge in [0.25, 0.3) is 10.0 Å². The van der Waals surface area contributed by atoms with Gasteiger partial charge < -0.3 is 40.7 Å². The number of carboxylic acid groups (broad SMARTS) is 1. The molecule has 66 heavy (non-hydrogen) atoms. The third-order valence-corrected chi connectivity index (χ3v) is 16.7. The lowest BCUT2D eigenvalue weighted by molar-refractivity contribution is -0.145. The van der Waals surface area contributed by atoms with E-state index in [2.05, 4.69) is 21.3 Å². The van der Waals surface area contributed by atoms with E-state index in [0.717, 1.165) is 42.2 Å². The van der Waals surface area contributed by atoms with Crippen molar-refractivity contribution < 1.29 is 42.2 Å². The molecule has 17 nitrogen and oxygen atoms in total. The van der Waals surface area contributed by atoms with E-state index >= 15 is 0 Å². The topological polar surface area (TPSA) is 221 Å². The molecule has 5 heterocycles. The summed E-state index contributed by atoms with van der Waals surface area (Å²) in [5, 5.41) is 27.5. The number of benzene rings is 1. The molecule has 0 radical (unpaired) electrons. The Balaban J connectivity index is 1.18. The van der Waals surface area contributed by atoms with E-state index in [9.17, 15) is 32.7 Å². The number of nitrogens with one attached hydrogen (secondary N) is 4. The zero-order valence-corrected chi connectivity index (χ0v) is 41.0. The number of anilines is 1. The highest BCUT2D eigenvalue weighted by Crippen LogP contribution is 2.48. The van der Waals surface area contributed by atoms with E-state index < -0.39 is 69.0 Å². The summed E-state index contributed by atoms with van der Waals surface area (Å²) in [4.78, 5) is 67.3. The monoisotopic (exact) mass is 966 g/mol. The van der Waals surface area contributed by atoms with E-state index in [4.69, 9.17) is 19.4 Å². The molecule has 0 bridgehead atoms. The van der Waals surface area contributed by atoms with Crippen LogP contribution in [0, 0.1) is 11.3 Å². The van der Waals surface area contributed by atoms with Gasteiger partial charge in [0.15, 0.2) is 5.13 Å². The molecular formula is C46H62N8O9S3. The zero-order chi connectivity index (χ0) is 47.6. The van der Waals surface area contributed by atoms with Crippen molar-refractivity contribution in [1.29, 1.82) is 0 Å². The Morgan fingerprint density at radius 3 is 2.47 bits per heavy atom. The number of aliphatic carboxylic acids is 1. The van der Waals surface area contributed by atoms with Crippen LogP contribution in [-0.4, -0.2) is 120 Å². The minimum atomic E-state index is -3.82. The standard InChI is InChI=1S/C46H62N8O9S3/c1-27(2)47-44-50-35(26-65-44)34-22-37(31-18-17-29(62-7)20-33(31)48-34)63-30-21-36-40(55)52-46(42(57)58)23-28(46)14-11-9-8-10-12-15-32(41(56)54(36)24-30)49-43(59)51-38(45(3,4)5)25-53(6)66(60,61)39-16-13-19-64-39/h13,16-20,22,26-28,30,32,36,38H,8-12,14-15,21,23-25H2,1-7H3,(H,47,50)(H,52,55)(H,57,58)(H2,49,51,59)/t28?,30-,32+,36+,38?,46-/m1/s1. The van der Waals surface area contributed by atoms with E-state index in [1.807, 2.05) is 46.1 Å². The van der Waals surface area contributed by atoms with Gasteiger partial charge in [0.2, 0.25) is 11.8 Å². The number of thiazole rings is 1. The van der Waals surface area contributed by atoms with Gasteiger partial charge in [-0.05, 0) is 68.0 Å². The number of urea groups is 1. The molecule has 2 unspecified atom stereocenters. The van der Waals surface area contributed by atoms with Crippen LogP contribution in [0.2, 0.25) is 0 Å². The molecule has 4 amide bonds. The van der Waals surface area contributed by atoms with E-state index in [-0.39, 0.29) is 42.1 Å². The predicted octanol–water partition coefficient (Wildman–Crippen LogP) is 6.70. The Bertz CT molecular complexity index is 2510. The van der Waals surface area contributed by atoms with Gasteiger partial charge in [-0.25, -0.2) is 28.0 Å². The van der Waals surface area contributed by atoms with Gasteiger partial charge in [0.05, 0.1) is 24.9 Å². The Kier molecular flexibility index (Phi) is 14.8. The van der Waals surface area contributed by atoms with Crippen molar-refractivity contribution in [3.8, 4) is 22.9 Å². The van der Waals surface area contributed by atoms with Crippen molar-refractivity contribution in [2.45, 2.75) is 132 Å². The molecule has 0 spiro atoms. The minimum Gasteiger partial charge on any atom is -0.497 e. The molecule has 1 aliphatic carbocycles. The number of carbonyl (C=O) groups excluding carboxylic acids is 3. The van der Waals surface area contributed by atoms with Gasteiger partial charge in [0, 0.05) is 55.0 Å². The van der Waals surface area contributed by atoms with Crippen LogP contribution in [0.1, 0.15) is 92.4 Å². The van der Waals surface area contributed by atoms with Crippen molar-refractivity contribution >= 4 is 72.5 Å². The summed E-state index contributed by atoms with van der Waals surface area (Å²) < 4.78 is 40.5. The van der Waals surface area contributed by atoms with Crippen LogP contribution in [0.15, 0.2) is 51.4 Å². The molecule has 7 rings (SSSR count). The number of pyridine rings is 1. The first kappa shape index (κ1) is 48.9. The quantitative estimate of drug-likeness (QED) is 0.0945. The number of carbonyl (C=O) groups is 4. The molecule has 1 aromatic carbocycles. The maximum atomic E-state index is 15.0. The number of ether oxygens (including phenoxy) is 2. The summed E-state index contributed by atoms with van der Waals surface area (Å²) in [6.07, 6.45) is 4.47. The van der Waals surface area contributed by atoms with Gasteiger partial charge in [-0.3, -0.25) is 9.59 Å².